The summed E-state index contributed by atoms with van der Waals surface area (Å²) in [7, 11) is 0. The standard InChI is InChI=1S/C11H16N4O2/c12-11(1-6-17-8-11)10(16)15-5-4-14-3-2-13-9(14)7-15/h2-3H,1,4-8,12H2. The minimum Gasteiger partial charge on any atom is -0.379 e. The number of carbonyl (C=O) groups is 1. The van der Waals surface area contributed by atoms with Gasteiger partial charge in [-0.1, -0.05) is 0 Å². The van der Waals surface area contributed by atoms with Crippen LogP contribution in [0.25, 0.3) is 0 Å². The predicted octanol–water partition coefficient (Wildman–Crippen LogP) is -0.657. The van der Waals surface area contributed by atoms with Crippen LogP contribution in [0.2, 0.25) is 0 Å². The third-order valence-corrected chi connectivity index (χ3v) is 3.51. The molecule has 1 aromatic rings. The third kappa shape index (κ3) is 1.73. The van der Waals surface area contributed by atoms with Crippen molar-refractivity contribution in [1.82, 2.24) is 14.5 Å². The summed E-state index contributed by atoms with van der Waals surface area (Å²) < 4.78 is 7.30. The number of imidazole rings is 1. The quantitative estimate of drug-likeness (QED) is 0.702. The highest BCUT2D eigenvalue weighted by molar-refractivity contribution is 5.86. The molecule has 6 heteroatoms. The maximum absolute atomic E-state index is 12.3. The first kappa shape index (κ1) is 10.7. The average molecular weight is 236 g/mol. The van der Waals surface area contributed by atoms with Crippen molar-refractivity contribution < 1.29 is 9.53 Å². The minimum atomic E-state index is -0.825. The SMILES string of the molecule is NC1(C(=O)N2CCn3ccnc3C2)CCOC1. The zero-order valence-corrected chi connectivity index (χ0v) is 9.63. The Balaban J connectivity index is 1.76. The topological polar surface area (TPSA) is 73.4 Å². The number of carbonyl (C=O) groups excluding carboxylic acids is 1. The molecule has 92 valence electrons. The van der Waals surface area contributed by atoms with Crippen LogP contribution in [0.1, 0.15) is 12.2 Å². The van der Waals surface area contributed by atoms with Gasteiger partial charge in [-0.25, -0.2) is 4.98 Å². The molecule has 1 amide bonds. The Labute approximate surface area is 99.4 Å². The van der Waals surface area contributed by atoms with Crippen LogP contribution in [0.4, 0.5) is 0 Å². The molecule has 1 saturated heterocycles. The molecular weight excluding hydrogens is 220 g/mol. The van der Waals surface area contributed by atoms with E-state index in [2.05, 4.69) is 9.55 Å². The van der Waals surface area contributed by atoms with Crippen LogP contribution >= 0.6 is 0 Å². The molecule has 3 rings (SSSR count). The number of hydrogen-bond donors (Lipinski definition) is 1. The number of fused-ring (bicyclic) bond motifs is 1. The van der Waals surface area contributed by atoms with Gasteiger partial charge >= 0.3 is 0 Å². The van der Waals surface area contributed by atoms with E-state index in [-0.39, 0.29) is 5.91 Å². The number of aromatic nitrogens is 2. The lowest BCUT2D eigenvalue weighted by Crippen LogP contribution is -2.57. The molecule has 1 unspecified atom stereocenters. The van der Waals surface area contributed by atoms with Crippen LogP contribution in [0.5, 0.6) is 0 Å². The second-order valence-electron chi connectivity index (χ2n) is 4.72. The first-order valence-corrected chi connectivity index (χ1v) is 5.85. The van der Waals surface area contributed by atoms with Crippen molar-refractivity contribution in [2.45, 2.75) is 25.0 Å². The molecule has 0 aromatic carbocycles. The van der Waals surface area contributed by atoms with Gasteiger partial charge in [0, 0.05) is 32.1 Å². The summed E-state index contributed by atoms with van der Waals surface area (Å²) in [6, 6.07) is 0. The lowest BCUT2D eigenvalue weighted by molar-refractivity contribution is -0.138. The maximum atomic E-state index is 12.3. The second kappa shape index (κ2) is 3.82. The highest BCUT2D eigenvalue weighted by atomic mass is 16.5. The van der Waals surface area contributed by atoms with Crippen LogP contribution in [0, 0.1) is 0 Å². The number of nitrogens with zero attached hydrogens (tertiary/aromatic N) is 3. The fraction of sp³-hybridized carbons (Fsp3) is 0.636. The normalized spacial score (nSPS) is 28.2. The van der Waals surface area contributed by atoms with Crippen molar-refractivity contribution in [2.75, 3.05) is 19.8 Å². The number of rotatable bonds is 1. The van der Waals surface area contributed by atoms with Crippen LogP contribution in [0.15, 0.2) is 12.4 Å². The van der Waals surface area contributed by atoms with E-state index in [0.29, 0.717) is 32.7 Å². The Morgan fingerprint density at radius 2 is 2.41 bits per heavy atom. The van der Waals surface area contributed by atoms with Crippen LogP contribution < -0.4 is 5.73 Å². The predicted molar refractivity (Wildman–Crippen MR) is 60.0 cm³/mol. The molecule has 2 aliphatic heterocycles. The molecule has 3 heterocycles. The summed E-state index contributed by atoms with van der Waals surface area (Å²) in [5.74, 6) is 0.913. The molecule has 0 radical (unpaired) electrons. The molecule has 0 saturated carbocycles. The Morgan fingerprint density at radius 1 is 1.53 bits per heavy atom. The van der Waals surface area contributed by atoms with E-state index in [1.807, 2.05) is 6.20 Å². The Morgan fingerprint density at radius 3 is 3.18 bits per heavy atom. The maximum Gasteiger partial charge on any atom is 0.245 e. The van der Waals surface area contributed by atoms with Crippen molar-refractivity contribution in [2.24, 2.45) is 5.73 Å². The van der Waals surface area contributed by atoms with Gasteiger partial charge in [-0.05, 0) is 6.42 Å². The number of ether oxygens (including phenoxy) is 1. The fourth-order valence-corrected chi connectivity index (χ4v) is 2.41. The van der Waals surface area contributed by atoms with Gasteiger partial charge in [0.2, 0.25) is 5.91 Å². The van der Waals surface area contributed by atoms with Gasteiger partial charge in [-0.3, -0.25) is 4.79 Å². The van der Waals surface area contributed by atoms with E-state index in [0.717, 1.165) is 12.4 Å². The number of amides is 1. The summed E-state index contributed by atoms with van der Waals surface area (Å²) in [6.45, 7) is 2.94. The lowest BCUT2D eigenvalue weighted by Gasteiger charge is -2.33. The summed E-state index contributed by atoms with van der Waals surface area (Å²) in [6.07, 6.45) is 4.31. The Kier molecular flexibility index (Phi) is 2.41. The highest BCUT2D eigenvalue weighted by Gasteiger charge is 2.41. The van der Waals surface area contributed by atoms with Crippen molar-refractivity contribution in [3.8, 4) is 0 Å². The molecule has 6 nitrogen and oxygen atoms in total. The van der Waals surface area contributed by atoms with Gasteiger partial charge in [0.25, 0.3) is 0 Å². The van der Waals surface area contributed by atoms with Gasteiger partial charge in [-0.2, -0.15) is 0 Å². The van der Waals surface area contributed by atoms with Crippen molar-refractivity contribution >= 4 is 5.91 Å². The summed E-state index contributed by atoms with van der Waals surface area (Å²) in [5.41, 5.74) is 5.26. The Bertz CT molecular complexity index is 436. The average Bonchev–Trinajstić information content (AvgIpc) is 2.96. The highest BCUT2D eigenvalue weighted by Crippen LogP contribution is 2.21. The zero-order valence-electron chi connectivity index (χ0n) is 9.63. The smallest absolute Gasteiger partial charge is 0.245 e. The molecule has 0 aliphatic carbocycles. The van der Waals surface area contributed by atoms with Gasteiger partial charge in [0.15, 0.2) is 0 Å². The van der Waals surface area contributed by atoms with Crippen molar-refractivity contribution in [1.29, 1.82) is 0 Å². The monoisotopic (exact) mass is 236 g/mol. The van der Waals surface area contributed by atoms with E-state index in [9.17, 15) is 4.79 Å². The molecule has 1 atom stereocenters. The van der Waals surface area contributed by atoms with Crippen molar-refractivity contribution in [3.05, 3.63) is 18.2 Å². The zero-order chi connectivity index (χ0) is 11.9. The molecule has 17 heavy (non-hydrogen) atoms. The summed E-state index contributed by atoms with van der Waals surface area (Å²) in [5, 5.41) is 0. The van der Waals surface area contributed by atoms with E-state index in [4.69, 9.17) is 10.5 Å². The van der Waals surface area contributed by atoms with E-state index in [1.54, 1.807) is 11.1 Å². The van der Waals surface area contributed by atoms with E-state index in [1.165, 1.54) is 0 Å². The van der Waals surface area contributed by atoms with Gasteiger partial charge < -0.3 is 19.9 Å². The molecule has 2 N–H and O–H groups in total. The molecular formula is C11H16N4O2. The first-order valence-electron chi connectivity index (χ1n) is 5.85. The second-order valence-corrected chi connectivity index (χ2v) is 4.72. The molecule has 2 aliphatic rings. The number of nitrogens with two attached hydrogens (primary N) is 1. The van der Waals surface area contributed by atoms with Gasteiger partial charge in [-0.15, -0.1) is 0 Å². The summed E-state index contributed by atoms with van der Waals surface area (Å²) in [4.78, 5) is 18.4. The van der Waals surface area contributed by atoms with Gasteiger partial charge in [0.05, 0.1) is 13.2 Å². The number of hydrogen-bond acceptors (Lipinski definition) is 4. The first-order chi connectivity index (χ1) is 8.19. The summed E-state index contributed by atoms with van der Waals surface area (Å²) >= 11 is 0. The lowest BCUT2D eigenvalue weighted by atomic mass is 9.98. The molecule has 1 aromatic heterocycles. The van der Waals surface area contributed by atoms with Crippen LogP contribution in [-0.2, 0) is 22.6 Å². The third-order valence-electron chi connectivity index (χ3n) is 3.51. The molecule has 1 fully saturated rings. The van der Waals surface area contributed by atoms with Gasteiger partial charge in [0.1, 0.15) is 11.4 Å². The van der Waals surface area contributed by atoms with Crippen LogP contribution in [0.3, 0.4) is 0 Å². The van der Waals surface area contributed by atoms with E-state index >= 15 is 0 Å². The molecule has 0 bridgehead atoms. The largest absolute Gasteiger partial charge is 0.379 e. The molecule has 0 spiro atoms. The van der Waals surface area contributed by atoms with Crippen LogP contribution in [-0.4, -0.2) is 45.7 Å². The van der Waals surface area contributed by atoms with Crippen molar-refractivity contribution in [3.63, 3.8) is 0 Å². The Hall–Kier alpha value is -1.40. The fourth-order valence-electron chi connectivity index (χ4n) is 2.41. The minimum absolute atomic E-state index is 0.00995. The van der Waals surface area contributed by atoms with E-state index < -0.39 is 5.54 Å².